The molecular formula is C19H21N5O2S. The third kappa shape index (κ3) is 3.80. The van der Waals surface area contributed by atoms with E-state index in [1.54, 1.807) is 18.2 Å². The number of rotatable bonds is 2. The monoisotopic (exact) mass is 383 g/mol. The largest absolute Gasteiger partial charge is 0.288 e. The fraction of sp³-hybridized carbons (Fsp3) is 0.316. The zero-order valence-corrected chi connectivity index (χ0v) is 16.7. The first kappa shape index (κ1) is 18.9. The molecule has 0 atom stereocenters. The maximum absolute atomic E-state index is 12.6. The highest BCUT2D eigenvalue weighted by Gasteiger charge is 2.23. The Morgan fingerprint density at radius 2 is 1.74 bits per heavy atom. The fourth-order valence-corrected chi connectivity index (χ4v) is 3.75. The standard InChI is InChI=1S/C19H21N5O2S/c1-10-13-11(2)21-18(19(3,4)5)22-17(13)27-14(10)16(26)24-23-15(25)12-8-6-7-9-20-12/h6-9H,1-5H3,(H,23,25)(H,24,26). The second-order valence-electron chi connectivity index (χ2n) is 7.24. The van der Waals surface area contributed by atoms with Gasteiger partial charge in [0.15, 0.2) is 0 Å². The summed E-state index contributed by atoms with van der Waals surface area (Å²) < 4.78 is 0. The van der Waals surface area contributed by atoms with Gasteiger partial charge in [0.25, 0.3) is 11.8 Å². The molecule has 0 aliphatic heterocycles. The molecule has 140 valence electrons. The van der Waals surface area contributed by atoms with Gasteiger partial charge in [0, 0.05) is 17.0 Å². The molecule has 3 aromatic heterocycles. The lowest BCUT2D eigenvalue weighted by atomic mass is 9.95. The van der Waals surface area contributed by atoms with Crippen molar-refractivity contribution in [2.75, 3.05) is 0 Å². The van der Waals surface area contributed by atoms with Gasteiger partial charge in [-0.05, 0) is 31.5 Å². The maximum Gasteiger partial charge on any atom is 0.288 e. The van der Waals surface area contributed by atoms with Crippen molar-refractivity contribution in [3.8, 4) is 0 Å². The Labute approximate surface area is 161 Å². The summed E-state index contributed by atoms with van der Waals surface area (Å²) in [7, 11) is 0. The minimum absolute atomic E-state index is 0.185. The predicted octanol–water partition coefficient (Wildman–Crippen LogP) is 3.08. The van der Waals surface area contributed by atoms with Crippen LogP contribution in [0.4, 0.5) is 0 Å². The number of hydrogen-bond acceptors (Lipinski definition) is 6. The maximum atomic E-state index is 12.6. The van der Waals surface area contributed by atoms with Gasteiger partial charge in [-0.1, -0.05) is 26.8 Å². The first-order valence-electron chi connectivity index (χ1n) is 8.48. The molecule has 0 unspecified atom stereocenters. The van der Waals surface area contributed by atoms with Crippen molar-refractivity contribution in [3.05, 3.63) is 52.0 Å². The molecule has 8 heteroatoms. The second kappa shape index (κ2) is 7.03. The predicted molar refractivity (Wildman–Crippen MR) is 105 cm³/mol. The summed E-state index contributed by atoms with van der Waals surface area (Å²) in [4.78, 5) is 39.1. The quantitative estimate of drug-likeness (QED) is 0.663. The molecule has 0 saturated carbocycles. The molecule has 0 aliphatic rings. The Hall–Kier alpha value is -2.87. The van der Waals surface area contributed by atoms with Crippen LogP contribution >= 0.6 is 11.3 Å². The summed E-state index contributed by atoms with van der Waals surface area (Å²) in [6.45, 7) is 9.93. The van der Waals surface area contributed by atoms with Crippen LogP contribution in [0.3, 0.4) is 0 Å². The van der Waals surface area contributed by atoms with Crippen LogP contribution in [0.5, 0.6) is 0 Å². The molecule has 0 spiro atoms. The molecule has 3 aromatic rings. The minimum atomic E-state index is -0.478. The summed E-state index contributed by atoms with van der Waals surface area (Å²) in [5, 5.41) is 0.884. The molecule has 27 heavy (non-hydrogen) atoms. The lowest BCUT2D eigenvalue weighted by molar-refractivity contribution is 0.0846. The van der Waals surface area contributed by atoms with Crippen LogP contribution in [-0.4, -0.2) is 26.8 Å². The van der Waals surface area contributed by atoms with Crippen LogP contribution in [0.15, 0.2) is 24.4 Å². The van der Waals surface area contributed by atoms with Crippen LogP contribution in [0.25, 0.3) is 10.2 Å². The molecule has 0 radical (unpaired) electrons. The summed E-state index contributed by atoms with van der Waals surface area (Å²) in [6, 6.07) is 4.98. The number of carbonyl (C=O) groups is 2. The number of nitrogens with zero attached hydrogens (tertiary/aromatic N) is 3. The van der Waals surface area contributed by atoms with Gasteiger partial charge < -0.3 is 0 Å². The summed E-state index contributed by atoms with van der Waals surface area (Å²) >= 11 is 1.29. The number of hydrazine groups is 1. The molecule has 0 fully saturated rings. The van der Waals surface area contributed by atoms with Gasteiger partial charge in [0.1, 0.15) is 16.3 Å². The third-order valence-electron chi connectivity index (χ3n) is 4.04. The van der Waals surface area contributed by atoms with Gasteiger partial charge >= 0.3 is 0 Å². The highest BCUT2D eigenvalue weighted by atomic mass is 32.1. The van der Waals surface area contributed by atoms with Gasteiger partial charge in [0.05, 0.1) is 10.6 Å². The van der Waals surface area contributed by atoms with E-state index in [0.717, 1.165) is 27.3 Å². The van der Waals surface area contributed by atoms with Gasteiger partial charge in [0.2, 0.25) is 0 Å². The molecule has 2 amide bonds. The van der Waals surface area contributed by atoms with Crippen LogP contribution in [0, 0.1) is 13.8 Å². The molecule has 3 rings (SSSR count). The lowest BCUT2D eigenvalue weighted by Crippen LogP contribution is -2.41. The van der Waals surface area contributed by atoms with E-state index in [2.05, 4.69) is 46.6 Å². The van der Waals surface area contributed by atoms with Crippen molar-refractivity contribution in [2.24, 2.45) is 0 Å². The van der Waals surface area contributed by atoms with E-state index < -0.39 is 11.8 Å². The van der Waals surface area contributed by atoms with Crippen LogP contribution in [0.1, 0.15) is 58.0 Å². The smallest absolute Gasteiger partial charge is 0.266 e. The lowest BCUT2D eigenvalue weighted by Gasteiger charge is -2.16. The van der Waals surface area contributed by atoms with E-state index in [4.69, 9.17) is 0 Å². The van der Waals surface area contributed by atoms with Crippen molar-refractivity contribution < 1.29 is 9.59 Å². The Bertz CT molecular complexity index is 1020. The molecule has 0 aliphatic carbocycles. The van der Waals surface area contributed by atoms with Crippen LogP contribution in [-0.2, 0) is 5.41 Å². The van der Waals surface area contributed by atoms with Crippen molar-refractivity contribution in [1.29, 1.82) is 0 Å². The van der Waals surface area contributed by atoms with Crippen molar-refractivity contribution in [3.63, 3.8) is 0 Å². The summed E-state index contributed by atoms with van der Waals surface area (Å²) in [5.74, 6) is -0.130. The SMILES string of the molecule is Cc1nc(C(C)(C)C)nc2sc(C(=O)NNC(=O)c3ccccn3)c(C)c12. The van der Waals surface area contributed by atoms with Gasteiger partial charge in [-0.25, -0.2) is 9.97 Å². The molecule has 2 N–H and O–H groups in total. The second-order valence-corrected chi connectivity index (χ2v) is 8.24. The molecule has 0 saturated heterocycles. The van der Waals surface area contributed by atoms with E-state index >= 15 is 0 Å². The molecule has 7 nitrogen and oxygen atoms in total. The normalized spacial score (nSPS) is 11.4. The van der Waals surface area contributed by atoms with Gasteiger partial charge in [-0.15, -0.1) is 11.3 Å². The topological polar surface area (TPSA) is 96.9 Å². The Kier molecular flexibility index (Phi) is 4.93. The van der Waals surface area contributed by atoms with E-state index in [-0.39, 0.29) is 11.1 Å². The van der Waals surface area contributed by atoms with Gasteiger partial charge in [-0.2, -0.15) is 0 Å². The zero-order valence-electron chi connectivity index (χ0n) is 15.9. The number of amides is 2. The number of hydrogen-bond donors (Lipinski definition) is 2. The van der Waals surface area contributed by atoms with E-state index in [9.17, 15) is 9.59 Å². The number of aromatic nitrogens is 3. The van der Waals surface area contributed by atoms with Crippen LogP contribution in [0.2, 0.25) is 0 Å². The first-order chi connectivity index (χ1) is 12.7. The number of aryl methyl sites for hydroxylation is 2. The average molecular weight is 383 g/mol. The third-order valence-corrected chi connectivity index (χ3v) is 5.22. The molecular weight excluding hydrogens is 362 g/mol. The number of fused-ring (bicyclic) bond motifs is 1. The van der Waals surface area contributed by atoms with Crippen molar-refractivity contribution in [1.82, 2.24) is 25.8 Å². The Morgan fingerprint density at radius 1 is 1.04 bits per heavy atom. The van der Waals surface area contributed by atoms with Crippen molar-refractivity contribution >= 4 is 33.4 Å². The summed E-state index contributed by atoms with van der Waals surface area (Å²) in [6.07, 6.45) is 1.52. The first-order valence-corrected chi connectivity index (χ1v) is 9.30. The molecule has 0 bridgehead atoms. The van der Waals surface area contributed by atoms with Gasteiger partial charge in [-0.3, -0.25) is 25.4 Å². The number of thiophene rings is 1. The molecule has 0 aromatic carbocycles. The number of carbonyl (C=O) groups excluding carboxylic acids is 2. The van der Waals surface area contributed by atoms with Crippen LogP contribution < -0.4 is 10.9 Å². The Morgan fingerprint density at radius 3 is 2.37 bits per heavy atom. The summed E-state index contributed by atoms with van der Waals surface area (Å²) in [5.41, 5.74) is 6.52. The fourth-order valence-electron chi connectivity index (χ4n) is 2.62. The Balaban J connectivity index is 1.86. The number of nitrogens with one attached hydrogen (secondary N) is 2. The van der Waals surface area contributed by atoms with E-state index in [1.807, 2.05) is 13.8 Å². The van der Waals surface area contributed by atoms with E-state index in [0.29, 0.717) is 4.88 Å². The highest BCUT2D eigenvalue weighted by Crippen LogP contribution is 2.33. The average Bonchev–Trinajstić information content (AvgIpc) is 2.96. The van der Waals surface area contributed by atoms with E-state index in [1.165, 1.54) is 17.5 Å². The van der Waals surface area contributed by atoms with Crippen molar-refractivity contribution in [2.45, 2.75) is 40.0 Å². The highest BCUT2D eigenvalue weighted by molar-refractivity contribution is 7.20. The zero-order chi connectivity index (χ0) is 19.8. The molecule has 3 heterocycles. The minimum Gasteiger partial charge on any atom is -0.266 e. The number of pyridine rings is 1.